The smallest absolute Gasteiger partial charge is 0.295 e. The fourth-order valence-corrected chi connectivity index (χ4v) is 3.50. The molecular weight excluding hydrogens is 434 g/mol. The molecule has 1 fully saturated rings. The van der Waals surface area contributed by atoms with Gasteiger partial charge in [0.2, 0.25) is 0 Å². The molecular formula is C20H17BrClNO4. The van der Waals surface area contributed by atoms with Gasteiger partial charge >= 0.3 is 0 Å². The van der Waals surface area contributed by atoms with Crippen molar-refractivity contribution in [1.29, 1.82) is 0 Å². The monoisotopic (exact) mass is 449 g/mol. The zero-order valence-electron chi connectivity index (χ0n) is 14.2. The number of aliphatic hydroxyl groups excluding tert-OH is 2. The lowest BCUT2D eigenvalue weighted by atomic mass is 9.95. The van der Waals surface area contributed by atoms with Gasteiger partial charge in [0.25, 0.3) is 11.7 Å². The largest absolute Gasteiger partial charge is 0.507 e. The zero-order chi connectivity index (χ0) is 19.6. The van der Waals surface area contributed by atoms with Crippen LogP contribution in [-0.4, -0.2) is 40.0 Å². The van der Waals surface area contributed by atoms with Gasteiger partial charge in [-0.1, -0.05) is 39.7 Å². The Bertz CT molecular complexity index is 893. The SMILES string of the molecule is O=C1C(=O)N(CCCO)[C@H](c2ccc(Br)cc2)C1=C(O)c1ccc(Cl)cc1. The Morgan fingerprint density at radius 1 is 1.07 bits per heavy atom. The van der Waals surface area contributed by atoms with Crippen LogP contribution in [0.2, 0.25) is 5.02 Å². The van der Waals surface area contributed by atoms with E-state index in [1.54, 1.807) is 36.4 Å². The van der Waals surface area contributed by atoms with Gasteiger partial charge in [0.15, 0.2) is 0 Å². The standard InChI is InChI=1S/C20H17BrClNO4/c21-14-6-2-12(3-7-14)17-16(18(25)13-4-8-15(22)9-5-13)19(26)20(27)23(17)10-1-11-24/h2-9,17,24-25H,1,10-11H2/t17-/m1/s1. The Balaban J connectivity index is 2.14. The highest BCUT2D eigenvalue weighted by atomic mass is 79.9. The second-order valence-corrected chi connectivity index (χ2v) is 7.48. The first-order valence-electron chi connectivity index (χ1n) is 8.34. The predicted molar refractivity (Wildman–Crippen MR) is 106 cm³/mol. The number of nitrogens with zero attached hydrogens (tertiary/aromatic N) is 1. The summed E-state index contributed by atoms with van der Waals surface area (Å²) < 4.78 is 0.858. The molecule has 0 bridgehead atoms. The lowest BCUT2D eigenvalue weighted by Crippen LogP contribution is -2.31. The zero-order valence-corrected chi connectivity index (χ0v) is 16.6. The number of Topliss-reactive ketones (excluding diaryl/α,β-unsaturated/α-hetero) is 1. The topological polar surface area (TPSA) is 77.8 Å². The van der Waals surface area contributed by atoms with Crippen LogP contribution in [0.4, 0.5) is 0 Å². The van der Waals surface area contributed by atoms with E-state index >= 15 is 0 Å². The number of carbonyl (C=O) groups is 2. The molecule has 27 heavy (non-hydrogen) atoms. The predicted octanol–water partition coefficient (Wildman–Crippen LogP) is 3.91. The fraction of sp³-hybridized carbons (Fsp3) is 0.200. The number of likely N-dealkylation sites (tertiary alicyclic amines) is 1. The van der Waals surface area contributed by atoms with Crippen molar-refractivity contribution in [3.8, 4) is 0 Å². The van der Waals surface area contributed by atoms with Crippen LogP contribution in [0.5, 0.6) is 0 Å². The normalized spacial score (nSPS) is 18.9. The maximum absolute atomic E-state index is 12.7. The Morgan fingerprint density at radius 3 is 2.30 bits per heavy atom. The van der Waals surface area contributed by atoms with Crippen molar-refractivity contribution in [3.63, 3.8) is 0 Å². The van der Waals surface area contributed by atoms with Gasteiger partial charge in [0.05, 0.1) is 11.6 Å². The molecule has 1 amide bonds. The van der Waals surface area contributed by atoms with Gasteiger partial charge in [-0.25, -0.2) is 0 Å². The van der Waals surface area contributed by atoms with Gasteiger partial charge in [-0.15, -0.1) is 0 Å². The average molecular weight is 451 g/mol. The minimum absolute atomic E-state index is 0.0302. The lowest BCUT2D eigenvalue weighted by Gasteiger charge is -2.25. The molecule has 7 heteroatoms. The van der Waals surface area contributed by atoms with Crippen molar-refractivity contribution in [2.45, 2.75) is 12.5 Å². The van der Waals surface area contributed by atoms with Crippen LogP contribution in [-0.2, 0) is 9.59 Å². The molecule has 1 saturated heterocycles. The van der Waals surface area contributed by atoms with Crippen LogP contribution in [0.25, 0.3) is 5.76 Å². The van der Waals surface area contributed by atoms with Crippen molar-refractivity contribution >= 4 is 45.0 Å². The number of halogens is 2. The third-order valence-electron chi connectivity index (χ3n) is 4.40. The molecule has 0 saturated carbocycles. The van der Waals surface area contributed by atoms with E-state index < -0.39 is 17.7 Å². The molecule has 1 aliphatic heterocycles. The highest BCUT2D eigenvalue weighted by Gasteiger charge is 2.45. The van der Waals surface area contributed by atoms with Crippen LogP contribution in [0.15, 0.2) is 58.6 Å². The molecule has 140 valence electrons. The Labute approximate surface area is 170 Å². The fourth-order valence-electron chi connectivity index (χ4n) is 3.11. The van der Waals surface area contributed by atoms with Crippen molar-refractivity contribution in [2.75, 3.05) is 13.2 Å². The molecule has 2 N–H and O–H groups in total. The number of hydrogen-bond donors (Lipinski definition) is 2. The van der Waals surface area contributed by atoms with Gasteiger partial charge in [0.1, 0.15) is 5.76 Å². The second-order valence-electron chi connectivity index (χ2n) is 6.13. The van der Waals surface area contributed by atoms with Crippen molar-refractivity contribution in [2.24, 2.45) is 0 Å². The van der Waals surface area contributed by atoms with Crippen LogP contribution in [0.1, 0.15) is 23.6 Å². The quantitative estimate of drug-likeness (QED) is 0.411. The van der Waals surface area contributed by atoms with Gasteiger partial charge in [-0.2, -0.15) is 0 Å². The van der Waals surface area contributed by atoms with Gasteiger partial charge in [-0.3, -0.25) is 9.59 Å². The molecule has 0 radical (unpaired) electrons. The molecule has 2 aromatic carbocycles. The molecule has 0 aliphatic carbocycles. The maximum Gasteiger partial charge on any atom is 0.295 e. The summed E-state index contributed by atoms with van der Waals surface area (Å²) in [5.74, 6) is -1.68. The van der Waals surface area contributed by atoms with E-state index in [2.05, 4.69) is 15.9 Å². The first kappa shape index (κ1) is 19.6. The summed E-state index contributed by atoms with van der Waals surface area (Å²) in [6.45, 7) is 0.104. The Morgan fingerprint density at radius 2 is 1.70 bits per heavy atom. The molecule has 0 unspecified atom stereocenters. The number of benzene rings is 2. The summed E-state index contributed by atoms with van der Waals surface area (Å²) in [4.78, 5) is 26.7. The molecule has 2 aromatic rings. The molecule has 0 aromatic heterocycles. The summed E-state index contributed by atoms with van der Waals surface area (Å²) in [5, 5.41) is 20.5. The van der Waals surface area contributed by atoms with Gasteiger partial charge < -0.3 is 15.1 Å². The van der Waals surface area contributed by atoms with E-state index in [0.29, 0.717) is 22.6 Å². The summed E-state index contributed by atoms with van der Waals surface area (Å²) in [6, 6.07) is 12.9. The Kier molecular flexibility index (Phi) is 5.99. The second kappa shape index (κ2) is 8.25. The number of amides is 1. The number of hydrogen-bond acceptors (Lipinski definition) is 4. The van der Waals surface area contributed by atoms with E-state index in [1.165, 1.54) is 4.90 Å². The van der Waals surface area contributed by atoms with Crippen molar-refractivity contribution < 1.29 is 19.8 Å². The number of rotatable bonds is 5. The number of ketones is 1. The van der Waals surface area contributed by atoms with Crippen molar-refractivity contribution in [3.05, 3.63) is 74.7 Å². The van der Waals surface area contributed by atoms with Crippen molar-refractivity contribution in [1.82, 2.24) is 4.90 Å². The van der Waals surface area contributed by atoms with Crippen LogP contribution < -0.4 is 0 Å². The molecule has 1 aliphatic rings. The van der Waals surface area contributed by atoms with Crippen LogP contribution in [0.3, 0.4) is 0 Å². The molecule has 1 heterocycles. The maximum atomic E-state index is 12.7. The lowest BCUT2D eigenvalue weighted by molar-refractivity contribution is -0.140. The molecule has 0 spiro atoms. The Hall–Kier alpha value is -2.15. The van der Waals surface area contributed by atoms with E-state index in [4.69, 9.17) is 16.7 Å². The summed E-state index contributed by atoms with van der Waals surface area (Å²) in [7, 11) is 0. The highest BCUT2D eigenvalue weighted by molar-refractivity contribution is 9.10. The average Bonchev–Trinajstić information content (AvgIpc) is 2.91. The third kappa shape index (κ3) is 3.93. The van der Waals surface area contributed by atoms with Crippen LogP contribution in [0, 0.1) is 0 Å². The van der Waals surface area contributed by atoms with E-state index in [9.17, 15) is 14.7 Å². The summed E-state index contributed by atoms with van der Waals surface area (Å²) >= 11 is 9.26. The first-order chi connectivity index (χ1) is 12.9. The van der Waals surface area contributed by atoms with Gasteiger partial charge in [0, 0.05) is 28.2 Å². The first-order valence-corrected chi connectivity index (χ1v) is 9.52. The van der Waals surface area contributed by atoms with E-state index in [0.717, 1.165) is 4.47 Å². The number of carbonyl (C=O) groups excluding carboxylic acids is 2. The van der Waals surface area contributed by atoms with Gasteiger partial charge in [-0.05, 0) is 48.4 Å². The molecule has 3 rings (SSSR count). The summed E-state index contributed by atoms with van der Waals surface area (Å²) in [5.41, 5.74) is 1.13. The van der Waals surface area contributed by atoms with E-state index in [-0.39, 0.29) is 24.5 Å². The minimum atomic E-state index is -0.742. The van der Waals surface area contributed by atoms with Crippen LogP contribution >= 0.6 is 27.5 Å². The number of aliphatic hydroxyl groups is 2. The minimum Gasteiger partial charge on any atom is -0.507 e. The molecule has 1 atom stereocenters. The molecule has 5 nitrogen and oxygen atoms in total. The van der Waals surface area contributed by atoms with E-state index in [1.807, 2.05) is 12.1 Å². The summed E-state index contributed by atoms with van der Waals surface area (Å²) in [6.07, 6.45) is 0.334. The third-order valence-corrected chi connectivity index (χ3v) is 5.18. The highest BCUT2D eigenvalue weighted by Crippen LogP contribution is 2.39.